The number of carbonyl (C=O) groups is 1. The molecular formula is C12H14OS. The van der Waals surface area contributed by atoms with Crippen LogP contribution in [0.15, 0.2) is 23.1 Å². The summed E-state index contributed by atoms with van der Waals surface area (Å²) >= 11 is 1.65. The van der Waals surface area contributed by atoms with E-state index in [4.69, 9.17) is 0 Å². The first-order valence-electron chi connectivity index (χ1n) is 4.79. The van der Waals surface area contributed by atoms with Crippen molar-refractivity contribution in [2.24, 2.45) is 0 Å². The van der Waals surface area contributed by atoms with Gasteiger partial charge < -0.3 is 0 Å². The highest BCUT2D eigenvalue weighted by Crippen LogP contribution is 2.34. The monoisotopic (exact) mass is 206 g/mol. The summed E-state index contributed by atoms with van der Waals surface area (Å²) < 4.78 is 0. The molecule has 1 heterocycles. The fraction of sp³-hybridized carbons (Fsp3) is 0.417. The van der Waals surface area contributed by atoms with E-state index in [9.17, 15) is 4.79 Å². The van der Waals surface area contributed by atoms with Gasteiger partial charge in [-0.25, -0.2) is 0 Å². The van der Waals surface area contributed by atoms with Crippen LogP contribution in [0.1, 0.15) is 36.7 Å². The van der Waals surface area contributed by atoms with Crippen LogP contribution in [0.25, 0.3) is 0 Å². The molecule has 1 nitrogen and oxygen atoms in total. The van der Waals surface area contributed by atoms with Gasteiger partial charge in [-0.15, -0.1) is 11.8 Å². The van der Waals surface area contributed by atoms with Crippen LogP contribution in [-0.2, 0) is 5.41 Å². The predicted octanol–water partition coefficient (Wildman–Crippen LogP) is 3.27. The van der Waals surface area contributed by atoms with Crippen molar-refractivity contribution in [1.29, 1.82) is 0 Å². The Hall–Kier alpha value is -0.760. The molecule has 0 amide bonds. The number of hydrogen-bond acceptors (Lipinski definition) is 2. The minimum Gasteiger partial charge on any atom is -0.293 e. The molecular weight excluding hydrogens is 192 g/mol. The van der Waals surface area contributed by atoms with E-state index in [0.29, 0.717) is 5.75 Å². The molecule has 0 fully saturated rings. The molecule has 0 aromatic heterocycles. The minimum absolute atomic E-state index is 0.128. The van der Waals surface area contributed by atoms with E-state index in [1.165, 1.54) is 5.56 Å². The van der Waals surface area contributed by atoms with E-state index in [-0.39, 0.29) is 11.2 Å². The molecule has 0 saturated carbocycles. The van der Waals surface area contributed by atoms with Crippen LogP contribution < -0.4 is 0 Å². The van der Waals surface area contributed by atoms with Crippen molar-refractivity contribution in [1.82, 2.24) is 0 Å². The Bertz CT molecular complexity index is 388. The summed E-state index contributed by atoms with van der Waals surface area (Å²) in [5, 5.41) is 0. The summed E-state index contributed by atoms with van der Waals surface area (Å²) in [6, 6.07) is 6.26. The molecule has 0 aliphatic carbocycles. The quantitative estimate of drug-likeness (QED) is 0.648. The highest BCUT2D eigenvalue weighted by atomic mass is 32.2. The third-order valence-electron chi connectivity index (χ3n) is 2.50. The van der Waals surface area contributed by atoms with E-state index in [1.807, 2.05) is 0 Å². The number of hydrogen-bond donors (Lipinski definition) is 0. The van der Waals surface area contributed by atoms with Gasteiger partial charge in [0.15, 0.2) is 5.78 Å². The van der Waals surface area contributed by atoms with Crippen LogP contribution >= 0.6 is 11.8 Å². The van der Waals surface area contributed by atoms with Crippen LogP contribution in [0.3, 0.4) is 0 Å². The molecule has 0 N–H and O–H groups in total. The molecule has 74 valence electrons. The Balaban J connectivity index is 2.50. The Morgan fingerprint density at radius 1 is 1.29 bits per heavy atom. The van der Waals surface area contributed by atoms with Gasteiger partial charge in [0, 0.05) is 10.5 Å². The average molecular weight is 206 g/mol. The third-order valence-corrected chi connectivity index (χ3v) is 3.58. The van der Waals surface area contributed by atoms with Crippen molar-refractivity contribution in [3.8, 4) is 0 Å². The fourth-order valence-corrected chi connectivity index (χ4v) is 2.50. The molecule has 0 atom stereocenters. The molecule has 1 aromatic rings. The second-order valence-corrected chi connectivity index (χ2v) is 5.69. The topological polar surface area (TPSA) is 17.1 Å². The summed E-state index contributed by atoms with van der Waals surface area (Å²) in [6.45, 7) is 6.50. The average Bonchev–Trinajstić information content (AvgIpc) is 2.46. The van der Waals surface area contributed by atoms with Gasteiger partial charge in [0.2, 0.25) is 0 Å². The van der Waals surface area contributed by atoms with Crippen molar-refractivity contribution in [2.75, 3.05) is 5.75 Å². The standard InChI is InChI=1S/C12H14OS/c1-12(2,3)8-4-5-11-9(6-8)10(13)7-14-11/h4-6H,7H2,1-3H3. The second kappa shape index (κ2) is 3.13. The normalized spacial score (nSPS) is 15.8. The molecule has 0 saturated heterocycles. The number of benzene rings is 1. The van der Waals surface area contributed by atoms with Gasteiger partial charge in [-0.1, -0.05) is 26.8 Å². The molecule has 0 unspecified atom stereocenters. The first-order valence-corrected chi connectivity index (χ1v) is 5.77. The summed E-state index contributed by atoms with van der Waals surface area (Å²) in [6.07, 6.45) is 0. The van der Waals surface area contributed by atoms with E-state index in [0.717, 1.165) is 10.5 Å². The predicted molar refractivity (Wildman–Crippen MR) is 60.2 cm³/mol. The summed E-state index contributed by atoms with van der Waals surface area (Å²) in [5.41, 5.74) is 2.29. The van der Waals surface area contributed by atoms with Gasteiger partial charge >= 0.3 is 0 Å². The SMILES string of the molecule is CC(C)(C)c1ccc2c(c1)C(=O)CS2. The zero-order chi connectivity index (χ0) is 10.3. The molecule has 1 aromatic carbocycles. The first kappa shape index (κ1) is 9.78. The number of ketones is 1. The van der Waals surface area contributed by atoms with E-state index >= 15 is 0 Å². The molecule has 2 heteroatoms. The van der Waals surface area contributed by atoms with E-state index in [1.54, 1.807) is 11.8 Å². The van der Waals surface area contributed by atoms with Crippen molar-refractivity contribution < 1.29 is 4.79 Å². The lowest BCUT2D eigenvalue weighted by atomic mass is 9.86. The van der Waals surface area contributed by atoms with Gasteiger partial charge in [0.05, 0.1) is 5.75 Å². The number of fused-ring (bicyclic) bond motifs is 1. The maximum Gasteiger partial charge on any atom is 0.174 e. The third kappa shape index (κ3) is 1.59. The Kier molecular flexibility index (Phi) is 2.18. The zero-order valence-corrected chi connectivity index (χ0v) is 9.57. The van der Waals surface area contributed by atoms with Crippen LogP contribution in [0.4, 0.5) is 0 Å². The number of Topliss-reactive ketones (excluding diaryl/α,β-unsaturated/α-hetero) is 1. The smallest absolute Gasteiger partial charge is 0.174 e. The molecule has 0 radical (unpaired) electrons. The summed E-state index contributed by atoms with van der Waals surface area (Å²) in [4.78, 5) is 12.7. The zero-order valence-electron chi connectivity index (χ0n) is 8.76. The van der Waals surface area contributed by atoms with Gasteiger partial charge in [0.25, 0.3) is 0 Å². The van der Waals surface area contributed by atoms with Gasteiger partial charge in [-0.05, 0) is 23.1 Å². The molecule has 2 rings (SSSR count). The maximum atomic E-state index is 11.5. The summed E-state index contributed by atoms with van der Waals surface area (Å²) in [5.74, 6) is 0.888. The molecule has 14 heavy (non-hydrogen) atoms. The number of thioether (sulfide) groups is 1. The summed E-state index contributed by atoms with van der Waals surface area (Å²) in [7, 11) is 0. The van der Waals surface area contributed by atoms with Crippen molar-refractivity contribution in [2.45, 2.75) is 31.1 Å². The van der Waals surface area contributed by atoms with Crippen LogP contribution in [-0.4, -0.2) is 11.5 Å². The molecule has 0 spiro atoms. The van der Waals surface area contributed by atoms with Crippen molar-refractivity contribution >= 4 is 17.5 Å². The molecule has 0 bridgehead atoms. The van der Waals surface area contributed by atoms with Gasteiger partial charge in [0.1, 0.15) is 0 Å². The van der Waals surface area contributed by atoms with Gasteiger partial charge in [-0.2, -0.15) is 0 Å². The van der Waals surface area contributed by atoms with Crippen LogP contribution in [0.2, 0.25) is 0 Å². The Morgan fingerprint density at radius 2 is 2.00 bits per heavy atom. The van der Waals surface area contributed by atoms with Crippen molar-refractivity contribution in [3.05, 3.63) is 29.3 Å². The van der Waals surface area contributed by atoms with Crippen molar-refractivity contribution in [3.63, 3.8) is 0 Å². The maximum absolute atomic E-state index is 11.5. The highest BCUT2D eigenvalue weighted by Gasteiger charge is 2.23. The number of carbonyl (C=O) groups excluding carboxylic acids is 1. The minimum atomic E-state index is 0.128. The Labute approximate surface area is 88.9 Å². The van der Waals surface area contributed by atoms with Crippen LogP contribution in [0, 0.1) is 0 Å². The van der Waals surface area contributed by atoms with Gasteiger partial charge in [-0.3, -0.25) is 4.79 Å². The Morgan fingerprint density at radius 3 is 2.64 bits per heavy atom. The van der Waals surface area contributed by atoms with Crippen LogP contribution in [0.5, 0.6) is 0 Å². The lowest BCUT2D eigenvalue weighted by Crippen LogP contribution is -2.11. The number of rotatable bonds is 0. The van der Waals surface area contributed by atoms with E-state index in [2.05, 4.69) is 39.0 Å². The highest BCUT2D eigenvalue weighted by molar-refractivity contribution is 8.00. The lowest BCUT2D eigenvalue weighted by molar-refractivity contribution is 0.102. The fourth-order valence-electron chi connectivity index (χ4n) is 1.56. The molecule has 1 aliphatic heterocycles. The van der Waals surface area contributed by atoms with E-state index < -0.39 is 0 Å². The molecule has 1 aliphatic rings. The lowest BCUT2D eigenvalue weighted by Gasteiger charge is -2.19. The largest absolute Gasteiger partial charge is 0.293 e. The second-order valence-electron chi connectivity index (χ2n) is 4.67. The first-order chi connectivity index (χ1) is 6.48.